The normalized spacial score (nSPS) is 12.6. The second-order valence-corrected chi connectivity index (χ2v) is 7.07. The van der Waals surface area contributed by atoms with Crippen LogP contribution >= 0.6 is 0 Å². The van der Waals surface area contributed by atoms with E-state index in [-0.39, 0.29) is 12.0 Å². The van der Waals surface area contributed by atoms with Gasteiger partial charge < -0.3 is 15.7 Å². The molecule has 0 saturated heterocycles. The second kappa shape index (κ2) is 8.11. The third-order valence-corrected chi connectivity index (χ3v) is 3.61. The number of amides is 2. The molecule has 0 spiro atoms. The number of aliphatic hydroxyl groups is 1. The summed E-state index contributed by atoms with van der Waals surface area (Å²) >= 11 is 0. The number of carbonyl (C=O) groups is 2. The Hall–Kier alpha value is -1.88. The highest BCUT2D eigenvalue weighted by Gasteiger charge is 2.23. The number of carbonyl (C=O) groups excluding carboxylic acids is 2. The van der Waals surface area contributed by atoms with E-state index in [1.807, 2.05) is 46.8 Å². The first-order valence-electron chi connectivity index (χ1n) is 7.98. The number of hydrogen-bond acceptors (Lipinski definition) is 3. The van der Waals surface area contributed by atoms with Crippen molar-refractivity contribution in [1.82, 2.24) is 5.32 Å². The molecule has 1 atom stereocenters. The Balaban J connectivity index is 2.68. The van der Waals surface area contributed by atoms with Gasteiger partial charge in [0.25, 0.3) is 0 Å². The number of nitrogens with one attached hydrogen (secondary N) is 2. The Morgan fingerprint density at radius 2 is 1.87 bits per heavy atom. The van der Waals surface area contributed by atoms with Crippen LogP contribution in [0.4, 0.5) is 5.69 Å². The fraction of sp³-hybridized carbons (Fsp3) is 0.556. The zero-order chi connectivity index (χ0) is 17.6. The topological polar surface area (TPSA) is 78.4 Å². The molecule has 0 aliphatic heterocycles. The van der Waals surface area contributed by atoms with Crippen molar-refractivity contribution in [3.63, 3.8) is 0 Å². The predicted molar refractivity (Wildman–Crippen MR) is 92.3 cm³/mol. The van der Waals surface area contributed by atoms with Crippen molar-refractivity contribution in [2.45, 2.75) is 53.5 Å². The van der Waals surface area contributed by atoms with Gasteiger partial charge in [0.15, 0.2) is 0 Å². The van der Waals surface area contributed by atoms with Crippen molar-refractivity contribution in [2.24, 2.45) is 5.41 Å². The highest BCUT2D eigenvalue weighted by atomic mass is 16.3. The van der Waals surface area contributed by atoms with Crippen LogP contribution in [0.3, 0.4) is 0 Å². The predicted octanol–water partition coefficient (Wildman–Crippen LogP) is 2.41. The summed E-state index contributed by atoms with van der Waals surface area (Å²) in [6.07, 6.45) is 1.45. The monoisotopic (exact) mass is 320 g/mol. The van der Waals surface area contributed by atoms with E-state index < -0.39 is 17.9 Å². The van der Waals surface area contributed by atoms with Crippen LogP contribution in [0.15, 0.2) is 18.2 Å². The summed E-state index contributed by atoms with van der Waals surface area (Å²) < 4.78 is 0. The maximum atomic E-state index is 12.0. The second-order valence-electron chi connectivity index (χ2n) is 7.07. The van der Waals surface area contributed by atoms with E-state index in [2.05, 4.69) is 10.6 Å². The van der Waals surface area contributed by atoms with Gasteiger partial charge in [-0.25, -0.2) is 0 Å². The van der Waals surface area contributed by atoms with E-state index in [0.717, 1.165) is 17.5 Å². The Bertz CT molecular complexity index is 562. The van der Waals surface area contributed by atoms with Crippen molar-refractivity contribution in [1.29, 1.82) is 0 Å². The van der Waals surface area contributed by atoms with Gasteiger partial charge in [-0.15, -0.1) is 0 Å². The van der Waals surface area contributed by atoms with Crippen LogP contribution in [-0.2, 0) is 16.0 Å². The minimum atomic E-state index is -0.730. The molecule has 0 aliphatic rings. The summed E-state index contributed by atoms with van der Waals surface area (Å²) in [5.74, 6) is -1.45. The smallest absolute Gasteiger partial charge is 0.313 e. The maximum Gasteiger partial charge on any atom is 0.313 e. The Morgan fingerprint density at radius 3 is 2.39 bits per heavy atom. The molecule has 3 N–H and O–H groups in total. The van der Waals surface area contributed by atoms with Gasteiger partial charge >= 0.3 is 11.8 Å². The Morgan fingerprint density at radius 1 is 1.22 bits per heavy atom. The molecule has 2 amide bonds. The molecule has 0 bridgehead atoms. The molecular weight excluding hydrogens is 292 g/mol. The van der Waals surface area contributed by atoms with Crippen LogP contribution in [0, 0.1) is 12.3 Å². The lowest BCUT2D eigenvalue weighted by Crippen LogP contribution is -2.45. The van der Waals surface area contributed by atoms with E-state index in [1.165, 1.54) is 0 Å². The van der Waals surface area contributed by atoms with Crippen LogP contribution < -0.4 is 10.6 Å². The van der Waals surface area contributed by atoms with Gasteiger partial charge in [-0.3, -0.25) is 9.59 Å². The lowest BCUT2D eigenvalue weighted by molar-refractivity contribution is -0.136. The molecule has 0 radical (unpaired) electrons. The van der Waals surface area contributed by atoms with Gasteiger partial charge in [0.1, 0.15) is 0 Å². The molecule has 128 valence electrons. The summed E-state index contributed by atoms with van der Waals surface area (Å²) in [5.41, 5.74) is 2.83. The lowest BCUT2D eigenvalue weighted by atomic mass is 9.88. The van der Waals surface area contributed by atoms with Crippen molar-refractivity contribution in [3.05, 3.63) is 29.3 Å². The van der Waals surface area contributed by atoms with E-state index >= 15 is 0 Å². The number of aryl methyl sites for hydroxylation is 2. The van der Waals surface area contributed by atoms with Crippen LogP contribution in [0.5, 0.6) is 0 Å². The maximum absolute atomic E-state index is 12.0. The molecule has 5 nitrogen and oxygen atoms in total. The summed E-state index contributed by atoms with van der Waals surface area (Å²) in [5, 5.41) is 14.5. The van der Waals surface area contributed by atoms with Crippen molar-refractivity contribution in [2.75, 3.05) is 11.9 Å². The highest BCUT2D eigenvalue weighted by molar-refractivity contribution is 6.39. The van der Waals surface area contributed by atoms with Crippen molar-refractivity contribution < 1.29 is 14.7 Å². The third-order valence-electron chi connectivity index (χ3n) is 3.61. The fourth-order valence-corrected chi connectivity index (χ4v) is 2.47. The third kappa shape index (κ3) is 6.40. The number of aliphatic hydroxyl groups excluding tert-OH is 1. The van der Waals surface area contributed by atoms with E-state index in [4.69, 9.17) is 0 Å². The zero-order valence-electron chi connectivity index (χ0n) is 14.7. The average molecular weight is 320 g/mol. The number of benzene rings is 1. The summed E-state index contributed by atoms with van der Waals surface area (Å²) in [4.78, 5) is 24.0. The molecule has 0 saturated carbocycles. The first-order chi connectivity index (χ1) is 10.7. The first-order valence-corrected chi connectivity index (χ1v) is 7.98. The van der Waals surface area contributed by atoms with Crippen LogP contribution in [0.25, 0.3) is 0 Å². The summed E-state index contributed by atoms with van der Waals surface area (Å²) in [7, 11) is 0. The van der Waals surface area contributed by atoms with Gasteiger partial charge in [0.2, 0.25) is 0 Å². The first kappa shape index (κ1) is 19.2. The number of rotatable bonds is 5. The van der Waals surface area contributed by atoms with Crippen LogP contribution in [0.2, 0.25) is 0 Å². The molecule has 0 heterocycles. The molecule has 0 aromatic heterocycles. The largest absolute Gasteiger partial charge is 0.394 e. The molecule has 1 rings (SSSR count). The number of hydrogen-bond donors (Lipinski definition) is 3. The molecule has 1 unspecified atom stereocenters. The highest BCUT2D eigenvalue weighted by Crippen LogP contribution is 2.20. The van der Waals surface area contributed by atoms with E-state index in [9.17, 15) is 14.7 Å². The van der Waals surface area contributed by atoms with Gasteiger partial charge in [-0.2, -0.15) is 0 Å². The minimum absolute atomic E-state index is 0.0515. The van der Waals surface area contributed by atoms with Crippen molar-refractivity contribution in [3.8, 4) is 0 Å². The van der Waals surface area contributed by atoms with Gasteiger partial charge in [-0.1, -0.05) is 33.8 Å². The lowest BCUT2D eigenvalue weighted by Gasteiger charge is -2.25. The molecule has 5 heteroatoms. The number of anilines is 1. The molecule has 1 aromatic rings. The Kier molecular flexibility index (Phi) is 6.76. The molecule has 0 aliphatic carbocycles. The summed E-state index contributed by atoms with van der Waals surface area (Å²) in [6, 6.07) is 5.14. The van der Waals surface area contributed by atoms with Gasteiger partial charge in [0.05, 0.1) is 12.6 Å². The van der Waals surface area contributed by atoms with E-state index in [1.54, 1.807) is 6.07 Å². The zero-order valence-corrected chi connectivity index (χ0v) is 14.7. The molecule has 0 fully saturated rings. The summed E-state index contributed by atoms with van der Waals surface area (Å²) in [6.45, 7) is 9.90. The van der Waals surface area contributed by atoms with Gasteiger partial charge in [-0.05, 0) is 48.4 Å². The molecule has 1 aromatic carbocycles. The van der Waals surface area contributed by atoms with Crippen LogP contribution in [0.1, 0.15) is 45.2 Å². The van der Waals surface area contributed by atoms with Gasteiger partial charge in [0, 0.05) is 5.69 Å². The average Bonchev–Trinajstić information content (AvgIpc) is 2.46. The Labute approximate surface area is 138 Å². The minimum Gasteiger partial charge on any atom is -0.394 e. The standard InChI is InChI=1S/C18H28N2O3/c1-6-13-9-14(8-7-12(13)2)19-16(22)17(23)20-15(11-21)10-18(3,4)5/h7-9,15,21H,6,10-11H2,1-5H3,(H,19,22)(H,20,23). The fourth-order valence-electron chi connectivity index (χ4n) is 2.47. The molecule has 23 heavy (non-hydrogen) atoms. The SMILES string of the molecule is CCc1cc(NC(=O)C(=O)NC(CO)CC(C)(C)C)ccc1C. The quantitative estimate of drug-likeness (QED) is 0.729. The van der Waals surface area contributed by atoms with Crippen LogP contribution in [-0.4, -0.2) is 29.6 Å². The van der Waals surface area contributed by atoms with Crippen molar-refractivity contribution >= 4 is 17.5 Å². The van der Waals surface area contributed by atoms with E-state index in [0.29, 0.717) is 12.1 Å². The molecular formula is C18H28N2O3.